The summed E-state index contributed by atoms with van der Waals surface area (Å²) in [5.74, 6) is 0.483. The highest BCUT2D eigenvalue weighted by molar-refractivity contribution is 5.99. The number of oxime groups is 1. The Morgan fingerprint density at radius 3 is 3.10 bits per heavy atom. The Kier molecular flexibility index (Phi) is 4.24. The lowest BCUT2D eigenvalue weighted by molar-refractivity contribution is -0.0120. The van der Waals surface area contributed by atoms with Crippen molar-refractivity contribution in [3.8, 4) is 5.88 Å². The van der Waals surface area contributed by atoms with Crippen LogP contribution in [0.25, 0.3) is 0 Å². The molecule has 0 bridgehead atoms. The first kappa shape index (κ1) is 14.1. The Labute approximate surface area is 123 Å². The van der Waals surface area contributed by atoms with Crippen LogP contribution in [0.5, 0.6) is 5.88 Å². The predicted octanol–water partition coefficient (Wildman–Crippen LogP) is 1.61. The van der Waals surface area contributed by atoms with E-state index >= 15 is 0 Å². The summed E-state index contributed by atoms with van der Waals surface area (Å²) in [6, 6.07) is 1.93. The summed E-state index contributed by atoms with van der Waals surface area (Å²) in [4.78, 5) is 4.56. The molecule has 6 nitrogen and oxygen atoms in total. The van der Waals surface area contributed by atoms with Gasteiger partial charge in [0.15, 0.2) is 5.84 Å². The lowest BCUT2D eigenvalue weighted by Gasteiger charge is -2.23. The van der Waals surface area contributed by atoms with Crippen LogP contribution in [-0.2, 0) is 17.6 Å². The van der Waals surface area contributed by atoms with Gasteiger partial charge in [0.05, 0.1) is 11.7 Å². The molecular formula is C15H21N3O3. The molecular weight excluding hydrogens is 270 g/mol. The van der Waals surface area contributed by atoms with E-state index in [0.717, 1.165) is 50.0 Å². The van der Waals surface area contributed by atoms with Crippen molar-refractivity contribution >= 4 is 5.84 Å². The van der Waals surface area contributed by atoms with Crippen LogP contribution in [0, 0.1) is 0 Å². The van der Waals surface area contributed by atoms with Crippen LogP contribution in [0.15, 0.2) is 11.2 Å². The molecule has 1 fully saturated rings. The van der Waals surface area contributed by atoms with Crippen molar-refractivity contribution in [3.63, 3.8) is 0 Å². The molecule has 1 unspecified atom stereocenters. The Morgan fingerprint density at radius 2 is 2.33 bits per heavy atom. The van der Waals surface area contributed by atoms with E-state index < -0.39 is 0 Å². The summed E-state index contributed by atoms with van der Waals surface area (Å²) in [5.41, 5.74) is 8.53. The van der Waals surface area contributed by atoms with E-state index in [1.807, 2.05) is 6.07 Å². The third kappa shape index (κ3) is 3.10. The van der Waals surface area contributed by atoms with E-state index in [2.05, 4.69) is 10.1 Å². The normalized spacial score (nSPS) is 22.1. The molecule has 1 aromatic heterocycles. The highest BCUT2D eigenvalue weighted by Crippen LogP contribution is 2.27. The Bertz CT molecular complexity index is 539. The molecule has 21 heavy (non-hydrogen) atoms. The van der Waals surface area contributed by atoms with Crippen molar-refractivity contribution in [2.75, 3.05) is 13.2 Å². The summed E-state index contributed by atoms with van der Waals surface area (Å²) >= 11 is 0. The highest BCUT2D eigenvalue weighted by atomic mass is 16.5. The summed E-state index contributed by atoms with van der Waals surface area (Å²) in [6.07, 6.45) is 6.43. The molecule has 1 atom stereocenters. The van der Waals surface area contributed by atoms with Gasteiger partial charge in [0.1, 0.15) is 6.61 Å². The van der Waals surface area contributed by atoms with E-state index in [0.29, 0.717) is 18.1 Å². The maximum absolute atomic E-state index is 8.93. The Balaban J connectivity index is 1.79. The lowest BCUT2D eigenvalue weighted by atomic mass is 10.1. The van der Waals surface area contributed by atoms with Gasteiger partial charge in [0.25, 0.3) is 0 Å². The number of aromatic nitrogens is 1. The third-order valence-corrected chi connectivity index (χ3v) is 4.08. The number of hydrogen-bond acceptors (Lipinski definition) is 5. The molecule has 0 saturated carbocycles. The number of pyridine rings is 1. The molecule has 1 aromatic rings. The van der Waals surface area contributed by atoms with Gasteiger partial charge in [-0.1, -0.05) is 5.16 Å². The summed E-state index contributed by atoms with van der Waals surface area (Å²) in [7, 11) is 0. The molecule has 6 heteroatoms. The van der Waals surface area contributed by atoms with E-state index in [9.17, 15) is 0 Å². The Hall–Kier alpha value is -1.82. The van der Waals surface area contributed by atoms with Gasteiger partial charge in [0, 0.05) is 12.3 Å². The molecule has 1 saturated heterocycles. The fourth-order valence-corrected chi connectivity index (χ4v) is 2.91. The quantitative estimate of drug-likeness (QED) is 0.381. The smallest absolute Gasteiger partial charge is 0.224 e. The first-order valence-corrected chi connectivity index (χ1v) is 7.53. The molecule has 114 valence electrons. The summed E-state index contributed by atoms with van der Waals surface area (Å²) in [6.45, 7) is 1.25. The van der Waals surface area contributed by atoms with Gasteiger partial charge in [-0.3, -0.25) is 0 Å². The van der Waals surface area contributed by atoms with Crippen LogP contribution in [0.3, 0.4) is 0 Å². The highest BCUT2D eigenvalue weighted by Gasteiger charge is 2.21. The number of hydrogen-bond donors (Lipinski definition) is 2. The van der Waals surface area contributed by atoms with Crippen molar-refractivity contribution in [1.82, 2.24) is 4.98 Å². The van der Waals surface area contributed by atoms with Crippen LogP contribution in [0.1, 0.15) is 42.5 Å². The fourth-order valence-electron chi connectivity index (χ4n) is 2.91. The first-order valence-electron chi connectivity index (χ1n) is 7.53. The number of fused-ring (bicyclic) bond motifs is 1. The van der Waals surface area contributed by atoms with Crippen molar-refractivity contribution in [2.24, 2.45) is 10.9 Å². The van der Waals surface area contributed by atoms with Gasteiger partial charge in [0.2, 0.25) is 5.88 Å². The van der Waals surface area contributed by atoms with Gasteiger partial charge >= 0.3 is 0 Å². The number of ether oxygens (including phenoxy) is 2. The van der Waals surface area contributed by atoms with Crippen molar-refractivity contribution in [1.29, 1.82) is 0 Å². The molecule has 0 aromatic carbocycles. The molecule has 2 heterocycles. The van der Waals surface area contributed by atoms with E-state index in [4.69, 9.17) is 20.4 Å². The van der Waals surface area contributed by atoms with Crippen molar-refractivity contribution in [2.45, 2.75) is 44.6 Å². The Morgan fingerprint density at radius 1 is 1.43 bits per heavy atom. The maximum atomic E-state index is 8.93. The zero-order valence-corrected chi connectivity index (χ0v) is 12.0. The number of nitrogens with zero attached hydrogens (tertiary/aromatic N) is 2. The molecule has 2 aliphatic rings. The minimum atomic E-state index is 0.0387. The second-order valence-electron chi connectivity index (χ2n) is 5.59. The van der Waals surface area contributed by atoms with Crippen molar-refractivity contribution in [3.05, 3.63) is 22.9 Å². The molecule has 3 N–H and O–H groups in total. The SMILES string of the molecule is NC(=NO)c1cc2c(nc1OCC1CCCCO1)CCC2. The minimum Gasteiger partial charge on any atom is -0.474 e. The van der Waals surface area contributed by atoms with Gasteiger partial charge in [-0.05, 0) is 50.2 Å². The number of amidine groups is 1. The second-order valence-corrected chi connectivity index (χ2v) is 5.59. The molecule has 0 spiro atoms. The molecule has 1 aliphatic carbocycles. The van der Waals surface area contributed by atoms with E-state index in [1.165, 1.54) is 6.42 Å². The van der Waals surface area contributed by atoms with E-state index in [1.54, 1.807) is 0 Å². The van der Waals surface area contributed by atoms with Crippen LogP contribution < -0.4 is 10.5 Å². The molecule has 0 amide bonds. The van der Waals surface area contributed by atoms with Gasteiger partial charge < -0.3 is 20.4 Å². The zero-order chi connectivity index (χ0) is 14.7. The number of rotatable bonds is 4. The average Bonchev–Trinajstić information content (AvgIpc) is 2.99. The summed E-state index contributed by atoms with van der Waals surface area (Å²) < 4.78 is 11.5. The molecule has 0 radical (unpaired) electrons. The standard InChI is InChI=1S/C15H21N3O3/c16-14(18-19)12-8-10-4-3-6-13(10)17-15(12)21-9-11-5-1-2-7-20-11/h8,11,19H,1-7,9H2,(H2,16,18). The van der Waals surface area contributed by atoms with Gasteiger partial charge in [-0.2, -0.15) is 0 Å². The van der Waals surface area contributed by atoms with Crippen LogP contribution in [-0.4, -0.2) is 35.3 Å². The van der Waals surface area contributed by atoms with Crippen LogP contribution in [0.4, 0.5) is 0 Å². The van der Waals surface area contributed by atoms with Gasteiger partial charge in [-0.25, -0.2) is 4.98 Å². The fraction of sp³-hybridized carbons (Fsp3) is 0.600. The maximum Gasteiger partial charge on any atom is 0.224 e. The average molecular weight is 291 g/mol. The van der Waals surface area contributed by atoms with E-state index in [-0.39, 0.29) is 11.9 Å². The topological polar surface area (TPSA) is 90.0 Å². The molecule has 3 rings (SSSR count). The molecule has 1 aliphatic heterocycles. The zero-order valence-electron chi connectivity index (χ0n) is 12.0. The van der Waals surface area contributed by atoms with Crippen LogP contribution in [0.2, 0.25) is 0 Å². The van der Waals surface area contributed by atoms with Gasteiger partial charge in [-0.15, -0.1) is 0 Å². The monoisotopic (exact) mass is 291 g/mol. The minimum absolute atomic E-state index is 0.0387. The first-order chi connectivity index (χ1) is 10.3. The number of aryl methyl sites for hydroxylation is 2. The summed E-state index contributed by atoms with van der Waals surface area (Å²) in [5, 5.41) is 12.0. The third-order valence-electron chi connectivity index (χ3n) is 4.08. The van der Waals surface area contributed by atoms with Crippen LogP contribution >= 0.6 is 0 Å². The predicted molar refractivity (Wildman–Crippen MR) is 77.9 cm³/mol. The van der Waals surface area contributed by atoms with Crippen molar-refractivity contribution < 1.29 is 14.7 Å². The number of nitrogens with two attached hydrogens (primary N) is 1. The second kappa shape index (κ2) is 6.30. The largest absolute Gasteiger partial charge is 0.474 e. The lowest BCUT2D eigenvalue weighted by Crippen LogP contribution is -2.27.